The van der Waals surface area contributed by atoms with E-state index in [-0.39, 0.29) is 12.1 Å². The largest absolute Gasteiger partial charge is 0.368 e. The lowest BCUT2D eigenvalue weighted by Crippen LogP contribution is -2.32. The summed E-state index contributed by atoms with van der Waals surface area (Å²) in [6.07, 6.45) is 3.07. The molecule has 0 spiro atoms. The summed E-state index contributed by atoms with van der Waals surface area (Å²) in [5.41, 5.74) is 3.29. The highest BCUT2D eigenvalue weighted by molar-refractivity contribution is 5.68. The molecule has 1 aromatic carbocycles. The van der Waals surface area contributed by atoms with E-state index in [1.54, 1.807) is 17.9 Å². The number of piperidine rings is 1. The van der Waals surface area contributed by atoms with Gasteiger partial charge in [0, 0.05) is 31.2 Å². The van der Waals surface area contributed by atoms with Crippen molar-refractivity contribution in [2.75, 3.05) is 11.4 Å². The molecule has 1 saturated carbocycles. The van der Waals surface area contributed by atoms with Crippen LogP contribution in [0.2, 0.25) is 0 Å². The lowest BCUT2D eigenvalue weighted by molar-refractivity contribution is 0.363. The quantitative estimate of drug-likeness (QED) is 0.502. The van der Waals surface area contributed by atoms with Crippen LogP contribution in [-0.2, 0) is 13.6 Å². The van der Waals surface area contributed by atoms with Gasteiger partial charge in [0.1, 0.15) is 12.9 Å². The van der Waals surface area contributed by atoms with Gasteiger partial charge in [0.25, 0.3) is 5.56 Å². The minimum absolute atomic E-state index is 0.171. The smallest absolute Gasteiger partial charge is 0.280 e. The third-order valence-electron chi connectivity index (χ3n) is 6.81. The predicted molar refractivity (Wildman–Crippen MR) is 114 cm³/mol. The summed E-state index contributed by atoms with van der Waals surface area (Å²) in [7, 11) is 1.78. The van der Waals surface area contributed by atoms with E-state index in [0.717, 1.165) is 12.4 Å². The summed E-state index contributed by atoms with van der Waals surface area (Å²) in [6, 6.07) is 9.09. The Hall–Kier alpha value is -3.49. The second kappa shape index (κ2) is 6.50. The molecule has 4 atom stereocenters. The number of hydrogen-bond donors (Lipinski definition) is 0. The van der Waals surface area contributed by atoms with E-state index in [1.807, 2.05) is 0 Å². The first-order valence-corrected chi connectivity index (χ1v) is 10.5. The van der Waals surface area contributed by atoms with Gasteiger partial charge in [-0.25, -0.2) is 9.97 Å². The van der Waals surface area contributed by atoms with E-state index in [0.29, 0.717) is 40.9 Å². The Kier molecular flexibility index (Phi) is 3.84. The van der Waals surface area contributed by atoms with Gasteiger partial charge in [-0.3, -0.25) is 9.36 Å². The zero-order valence-electron chi connectivity index (χ0n) is 17.6. The normalized spacial score (nSPS) is 24.7. The maximum atomic E-state index is 12.7. The molecule has 1 saturated heterocycles. The van der Waals surface area contributed by atoms with Crippen molar-refractivity contribution in [3.8, 4) is 0 Å². The standard InChI is InChI=1S/C22H23N7O2/c1-12-5-4-6-14(7-12)29-8-15-17(13(29)2)18(15)20-25-16(31-26-20)9-28-11-24-21-19(22(28)30)27(3)10-23-21/h4-7,10-11,13,15,17-18H,8-9H2,1-3H3/t13-,15-,17+,18+/m0/s1. The fourth-order valence-corrected chi connectivity index (χ4v) is 5.20. The van der Waals surface area contributed by atoms with Crippen LogP contribution in [0.1, 0.15) is 30.1 Å². The molecule has 9 heteroatoms. The minimum Gasteiger partial charge on any atom is -0.368 e. The van der Waals surface area contributed by atoms with Crippen molar-refractivity contribution in [2.24, 2.45) is 18.9 Å². The van der Waals surface area contributed by atoms with Gasteiger partial charge in [0.05, 0.1) is 6.33 Å². The number of aromatic nitrogens is 6. The van der Waals surface area contributed by atoms with Gasteiger partial charge in [-0.15, -0.1) is 0 Å². The van der Waals surface area contributed by atoms with Crippen LogP contribution >= 0.6 is 0 Å². The van der Waals surface area contributed by atoms with Crippen molar-refractivity contribution in [1.82, 2.24) is 29.2 Å². The first-order chi connectivity index (χ1) is 15.0. The molecule has 4 aromatic rings. The van der Waals surface area contributed by atoms with Gasteiger partial charge < -0.3 is 14.0 Å². The van der Waals surface area contributed by atoms with E-state index in [2.05, 4.69) is 63.1 Å². The van der Waals surface area contributed by atoms with E-state index in [9.17, 15) is 4.79 Å². The Bertz CT molecular complexity index is 1350. The number of nitrogens with zero attached hydrogens (tertiary/aromatic N) is 7. The molecule has 1 aliphatic heterocycles. The highest BCUT2D eigenvalue weighted by Crippen LogP contribution is 2.61. The molecule has 0 radical (unpaired) electrons. The average Bonchev–Trinajstić information content (AvgIpc) is 3.04. The molecule has 1 aliphatic carbocycles. The van der Waals surface area contributed by atoms with Crippen molar-refractivity contribution in [3.05, 3.63) is 64.6 Å². The first-order valence-electron chi connectivity index (χ1n) is 10.5. The molecule has 6 rings (SSSR count). The second-order valence-electron chi connectivity index (χ2n) is 8.75. The molecule has 0 bridgehead atoms. The van der Waals surface area contributed by atoms with Gasteiger partial charge in [0.15, 0.2) is 17.0 Å². The number of anilines is 1. The maximum absolute atomic E-state index is 12.7. The molecule has 158 valence electrons. The predicted octanol–water partition coefficient (Wildman–Crippen LogP) is 2.11. The number of hydrogen-bond acceptors (Lipinski definition) is 7. The van der Waals surface area contributed by atoms with Crippen LogP contribution in [0.25, 0.3) is 11.2 Å². The number of benzene rings is 1. The number of aryl methyl sites for hydroxylation is 2. The zero-order valence-corrected chi connectivity index (χ0v) is 17.6. The average molecular weight is 417 g/mol. The van der Waals surface area contributed by atoms with Crippen molar-refractivity contribution in [3.63, 3.8) is 0 Å². The second-order valence-corrected chi connectivity index (χ2v) is 8.75. The minimum atomic E-state index is -0.171. The van der Waals surface area contributed by atoms with Crippen LogP contribution < -0.4 is 10.5 Å². The summed E-state index contributed by atoms with van der Waals surface area (Å²) in [5, 5.41) is 4.24. The van der Waals surface area contributed by atoms with Crippen LogP contribution in [-0.4, -0.2) is 41.8 Å². The van der Waals surface area contributed by atoms with Crippen LogP contribution in [0.3, 0.4) is 0 Å². The molecular formula is C22H23N7O2. The van der Waals surface area contributed by atoms with Gasteiger partial charge in [-0.1, -0.05) is 17.3 Å². The highest BCUT2D eigenvalue weighted by Gasteiger charge is 2.62. The van der Waals surface area contributed by atoms with Crippen molar-refractivity contribution in [2.45, 2.75) is 32.4 Å². The van der Waals surface area contributed by atoms with Gasteiger partial charge in [-0.05, 0) is 43.4 Å². The van der Waals surface area contributed by atoms with Crippen LogP contribution in [0.15, 0.2) is 46.2 Å². The van der Waals surface area contributed by atoms with E-state index in [1.165, 1.54) is 22.1 Å². The SMILES string of the molecule is Cc1cccc(N2C[C@@H]3[C@@H](c4noc(Cn5cnc6ncn(C)c6c5=O)n4)[C@@H]3[C@@H]2C)c1. The Morgan fingerprint density at radius 2 is 2.06 bits per heavy atom. The number of imidazole rings is 1. The van der Waals surface area contributed by atoms with E-state index < -0.39 is 0 Å². The van der Waals surface area contributed by atoms with Crippen LogP contribution in [0.4, 0.5) is 5.69 Å². The summed E-state index contributed by atoms with van der Waals surface area (Å²) in [4.78, 5) is 28.2. The Morgan fingerprint density at radius 1 is 1.23 bits per heavy atom. The first kappa shape index (κ1) is 18.3. The Balaban J connectivity index is 1.19. The molecule has 3 aromatic heterocycles. The van der Waals surface area contributed by atoms with Crippen molar-refractivity contribution >= 4 is 16.9 Å². The number of fused-ring (bicyclic) bond motifs is 2. The topological polar surface area (TPSA) is 94.9 Å². The Labute approximate surface area is 178 Å². The molecule has 0 unspecified atom stereocenters. The number of rotatable bonds is 4. The molecule has 2 aliphatic rings. The molecule has 31 heavy (non-hydrogen) atoms. The molecular weight excluding hydrogens is 394 g/mol. The van der Waals surface area contributed by atoms with Crippen LogP contribution in [0, 0.1) is 18.8 Å². The van der Waals surface area contributed by atoms with Gasteiger partial charge >= 0.3 is 0 Å². The van der Waals surface area contributed by atoms with Crippen molar-refractivity contribution in [1.29, 1.82) is 0 Å². The monoisotopic (exact) mass is 417 g/mol. The lowest BCUT2D eigenvalue weighted by atomic mass is 10.1. The van der Waals surface area contributed by atoms with E-state index in [4.69, 9.17) is 4.52 Å². The molecule has 9 nitrogen and oxygen atoms in total. The van der Waals surface area contributed by atoms with E-state index >= 15 is 0 Å². The summed E-state index contributed by atoms with van der Waals surface area (Å²) in [5.74, 6) is 2.57. The van der Waals surface area contributed by atoms with Gasteiger partial charge in [0.2, 0.25) is 5.89 Å². The third kappa shape index (κ3) is 2.79. The maximum Gasteiger partial charge on any atom is 0.280 e. The van der Waals surface area contributed by atoms with Crippen LogP contribution in [0.5, 0.6) is 0 Å². The highest BCUT2D eigenvalue weighted by atomic mass is 16.5. The molecule has 0 N–H and O–H groups in total. The molecule has 4 heterocycles. The summed E-state index contributed by atoms with van der Waals surface area (Å²) >= 11 is 0. The third-order valence-corrected chi connectivity index (χ3v) is 6.81. The van der Waals surface area contributed by atoms with Crippen molar-refractivity contribution < 1.29 is 4.52 Å². The fourth-order valence-electron chi connectivity index (χ4n) is 5.20. The summed E-state index contributed by atoms with van der Waals surface area (Å²) in [6.45, 7) is 5.61. The van der Waals surface area contributed by atoms with Gasteiger partial charge in [-0.2, -0.15) is 4.98 Å². The lowest BCUT2D eigenvalue weighted by Gasteiger charge is -2.28. The summed E-state index contributed by atoms with van der Waals surface area (Å²) < 4.78 is 8.65. The Morgan fingerprint density at radius 3 is 2.84 bits per heavy atom. The molecule has 0 amide bonds. The molecule has 2 fully saturated rings. The fraction of sp³-hybridized carbons (Fsp3) is 0.409. The zero-order chi connectivity index (χ0) is 21.3.